The summed E-state index contributed by atoms with van der Waals surface area (Å²) in [6.07, 6.45) is 2.29. The molecule has 5 nitrogen and oxygen atoms in total. The van der Waals surface area contributed by atoms with Gasteiger partial charge in [-0.25, -0.2) is 0 Å². The first-order valence-electron chi connectivity index (χ1n) is 8.26. The zero-order valence-corrected chi connectivity index (χ0v) is 17.2. The molecule has 2 N–H and O–H groups in total. The zero-order chi connectivity index (χ0) is 15.5. The molecule has 0 amide bonds. The highest BCUT2D eigenvalue weighted by atomic mass is 28.4. The minimum Gasteiger partial charge on any atom is -0.377 e. The van der Waals surface area contributed by atoms with E-state index in [0.717, 1.165) is 48.8 Å². The highest BCUT2D eigenvalue weighted by Gasteiger charge is 2.56. The molecule has 4 unspecified atom stereocenters. The largest absolute Gasteiger partial charge is 0.500 e. The van der Waals surface area contributed by atoms with Crippen molar-refractivity contribution in [3.8, 4) is 0 Å². The summed E-state index contributed by atoms with van der Waals surface area (Å²) in [5, 5.41) is 7.21. The first kappa shape index (κ1) is 17.6. The van der Waals surface area contributed by atoms with Gasteiger partial charge < -0.3 is 23.9 Å². The average molecular weight is 333 g/mol. The summed E-state index contributed by atoms with van der Waals surface area (Å²) < 4.78 is 18.1. The van der Waals surface area contributed by atoms with Crippen molar-refractivity contribution in [3.63, 3.8) is 0 Å². The van der Waals surface area contributed by atoms with Crippen LogP contribution < -0.4 is 10.6 Å². The van der Waals surface area contributed by atoms with E-state index in [0.29, 0.717) is 17.5 Å². The van der Waals surface area contributed by atoms with Gasteiger partial charge in [-0.15, -0.1) is 0 Å². The number of rotatable bonds is 5. The fraction of sp³-hybridized carbons (Fsp3) is 1.00. The van der Waals surface area contributed by atoms with E-state index in [1.165, 1.54) is 0 Å². The van der Waals surface area contributed by atoms with E-state index in [9.17, 15) is 0 Å². The van der Waals surface area contributed by atoms with Crippen molar-refractivity contribution in [2.75, 3.05) is 33.9 Å². The van der Waals surface area contributed by atoms with Gasteiger partial charge in [0.15, 0.2) is 0 Å². The molecule has 0 bridgehead atoms. The third kappa shape index (κ3) is 3.44. The Balaban J connectivity index is 2.23. The molecule has 0 aromatic rings. The van der Waals surface area contributed by atoms with Crippen LogP contribution in [0.25, 0.3) is 0 Å². The summed E-state index contributed by atoms with van der Waals surface area (Å²) in [6, 6.07) is 1.42. The third-order valence-electron chi connectivity index (χ3n) is 5.64. The Labute approximate surface area is 133 Å². The van der Waals surface area contributed by atoms with Gasteiger partial charge in [0.05, 0.1) is 5.60 Å². The molecule has 0 aromatic carbocycles. The molecule has 0 saturated carbocycles. The SMILES string of the molecule is CCC([SiH3])C1(C)O[Si](OC)(OC)CCC1C1CNCCN1. The molecule has 0 aliphatic carbocycles. The molecular weight excluding hydrogens is 300 g/mol. The van der Waals surface area contributed by atoms with Gasteiger partial charge in [-0.2, -0.15) is 0 Å². The van der Waals surface area contributed by atoms with Crippen LogP contribution in [0.15, 0.2) is 0 Å². The average Bonchev–Trinajstić information content (AvgIpc) is 2.54. The van der Waals surface area contributed by atoms with Crippen LogP contribution in [0.3, 0.4) is 0 Å². The van der Waals surface area contributed by atoms with Crippen LogP contribution in [-0.2, 0) is 13.3 Å². The molecule has 0 spiro atoms. The van der Waals surface area contributed by atoms with E-state index in [1.54, 1.807) is 14.2 Å². The molecule has 2 rings (SSSR count). The van der Waals surface area contributed by atoms with Crippen molar-refractivity contribution < 1.29 is 13.3 Å². The van der Waals surface area contributed by atoms with E-state index >= 15 is 0 Å². The predicted octanol–water partition coefficient (Wildman–Crippen LogP) is 0.139. The molecule has 124 valence electrons. The maximum atomic E-state index is 6.64. The maximum absolute atomic E-state index is 6.64. The van der Waals surface area contributed by atoms with Gasteiger partial charge in [-0.1, -0.05) is 13.3 Å². The molecule has 2 aliphatic heterocycles. The van der Waals surface area contributed by atoms with Crippen LogP contribution in [0.1, 0.15) is 26.7 Å². The van der Waals surface area contributed by atoms with E-state index in [-0.39, 0.29) is 5.60 Å². The molecule has 2 aliphatic rings. The monoisotopic (exact) mass is 332 g/mol. The lowest BCUT2D eigenvalue weighted by Crippen LogP contribution is -2.65. The van der Waals surface area contributed by atoms with Gasteiger partial charge in [0.25, 0.3) is 0 Å². The van der Waals surface area contributed by atoms with E-state index in [1.807, 2.05) is 0 Å². The molecule has 7 heteroatoms. The number of piperazine rings is 1. The Morgan fingerprint density at radius 2 is 2.10 bits per heavy atom. The second-order valence-electron chi connectivity index (χ2n) is 6.60. The lowest BCUT2D eigenvalue weighted by Gasteiger charge is -2.53. The number of hydrogen-bond donors (Lipinski definition) is 2. The highest BCUT2D eigenvalue weighted by molar-refractivity contribution is 6.61. The van der Waals surface area contributed by atoms with Crippen LogP contribution >= 0.6 is 0 Å². The van der Waals surface area contributed by atoms with Crippen LogP contribution in [0.2, 0.25) is 11.6 Å². The zero-order valence-electron chi connectivity index (χ0n) is 14.2. The van der Waals surface area contributed by atoms with Crippen molar-refractivity contribution in [3.05, 3.63) is 0 Å². The Bertz CT molecular complexity index is 338. The molecule has 0 aromatic heterocycles. The summed E-state index contributed by atoms with van der Waals surface area (Å²) in [5.74, 6) is 0.527. The van der Waals surface area contributed by atoms with Gasteiger partial charge in [-0.05, 0) is 18.9 Å². The Hall–Kier alpha value is 0.234. The highest BCUT2D eigenvalue weighted by Crippen LogP contribution is 2.46. The van der Waals surface area contributed by atoms with Crippen LogP contribution in [0.4, 0.5) is 0 Å². The normalized spacial score (nSPS) is 38.3. The molecule has 2 heterocycles. The summed E-state index contributed by atoms with van der Waals surface area (Å²) >= 11 is 0. The van der Waals surface area contributed by atoms with E-state index in [4.69, 9.17) is 13.3 Å². The Kier molecular flexibility index (Phi) is 6.03. The first-order valence-corrected chi connectivity index (χ1v) is 11.3. The second kappa shape index (κ2) is 7.20. The third-order valence-corrected chi connectivity index (χ3v) is 10.5. The van der Waals surface area contributed by atoms with Gasteiger partial charge in [-0.3, -0.25) is 0 Å². The molecular formula is C14H32N2O3Si2. The van der Waals surface area contributed by atoms with Crippen molar-refractivity contribution in [1.82, 2.24) is 10.6 Å². The van der Waals surface area contributed by atoms with Gasteiger partial charge in [0.1, 0.15) is 0 Å². The minimum absolute atomic E-state index is 0.131. The Morgan fingerprint density at radius 3 is 2.62 bits per heavy atom. The smallest absolute Gasteiger partial charge is 0.377 e. The van der Waals surface area contributed by atoms with Gasteiger partial charge >= 0.3 is 8.80 Å². The van der Waals surface area contributed by atoms with Crippen molar-refractivity contribution in [1.29, 1.82) is 0 Å². The minimum atomic E-state index is -2.48. The summed E-state index contributed by atoms with van der Waals surface area (Å²) in [7, 11) is 2.14. The van der Waals surface area contributed by atoms with Gasteiger partial charge in [0.2, 0.25) is 0 Å². The Morgan fingerprint density at radius 1 is 1.38 bits per heavy atom. The fourth-order valence-corrected chi connectivity index (χ4v) is 7.20. The molecule has 21 heavy (non-hydrogen) atoms. The summed E-state index contributed by atoms with van der Waals surface area (Å²) in [4.78, 5) is 0. The topological polar surface area (TPSA) is 51.8 Å². The standard InChI is InChI=1S/C14H32N2O3Si2/c1-5-13(20)14(2)11(12-10-15-7-8-16-12)6-9-21(17-3,18-4)19-14/h11-13,15-16H,5-10H2,1-4,20H3. The lowest BCUT2D eigenvalue weighted by molar-refractivity contribution is -0.0812. The van der Waals surface area contributed by atoms with Crippen LogP contribution in [0.5, 0.6) is 0 Å². The van der Waals surface area contributed by atoms with Gasteiger partial charge in [0, 0.05) is 62.1 Å². The first-order chi connectivity index (χ1) is 10.0. The number of nitrogens with one attached hydrogen (secondary N) is 2. The quantitative estimate of drug-likeness (QED) is 0.702. The summed E-state index contributed by atoms with van der Waals surface area (Å²) in [5.41, 5.74) is 0.484. The van der Waals surface area contributed by atoms with Crippen LogP contribution in [-0.4, -0.2) is 64.5 Å². The maximum Gasteiger partial charge on any atom is 0.500 e. The van der Waals surface area contributed by atoms with E-state index in [2.05, 4.69) is 24.5 Å². The van der Waals surface area contributed by atoms with Crippen molar-refractivity contribution >= 4 is 19.0 Å². The van der Waals surface area contributed by atoms with Crippen molar-refractivity contribution in [2.45, 2.75) is 49.9 Å². The van der Waals surface area contributed by atoms with Crippen molar-refractivity contribution in [2.24, 2.45) is 5.92 Å². The molecule has 4 atom stereocenters. The molecule has 2 saturated heterocycles. The molecule has 2 fully saturated rings. The van der Waals surface area contributed by atoms with E-state index < -0.39 is 8.80 Å². The fourth-order valence-electron chi connectivity index (χ4n) is 3.88. The second-order valence-corrected chi connectivity index (χ2v) is 10.9. The molecule has 0 radical (unpaired) electrons. The predicted molar refractivity (Wildman–Crippen MR) is 90.8 cm³/mol. The summed E-state index contributed by atoms with van der Waals surface area (Å²) in [6.45, 7) is 7.72. The lowest BCUT2D eigenvalue weighted by atomic mass is 9.77. The van der Waals surface area contributed by atoms with Crippen LogP contribution in [0, 0.1) is 5.92 Å². The number of hydrogen-bond acceptors (Lipinski definition) is 5.